The van der Waals surface area contributed by atoms with E-state index in [9.17, 15) is 8.42 Å². The molecule has 2 aliphatic rings. The van der Waals surface area contributed by atoms with Gasteiger partial charge in [-0.25, -0.2) is 0 Å². The highest BCUT2D eigenvalue weighted by Gasteiger charge is 2.37. The van der Waals surface area contributed by atoms with E-state index in [4.69, 9.17) is 0 Å². The van der Waals surface area contributed by atoms with E-state index in [0.29, 0.717) is 18.4 Å². The van der Waals surface area contributed by atoms with Gasteiger partial charge in [-0.2, -0.15) is 17.4 Å². The molecule has 0 spiro atoms. The van der Waals surface area contributed by atoms with Crippen molar-refractivity contribution in [3.05, 3.63) is 0 Å². The summed E-state index contributed by atoms with van der Waals surface area (Å²) in [4.78, 5) is 0. The number of nitrogens with zero attached hydrogens (tertiary/aromatic N) is 1. The van der Waals surface area contributed by atoms with Crippen LogP contribution in [0.25, 0.3) is 0 Å². The van der Waals surface area contributed by atoms with Gasteiger partial charge >= 0.3 is 0 Å². The molecule has 6 heteroatoms. The SMILES string of the molecule is CNCC1CCCCN1S(=O)(=O)NC1CCC(C)C1C. The summed E-state index contributed by atoms with van der Waals surface area (Å²) in [5.74, 6) is 1.04. The Labute approximate surface area is 123 Å². The van der Waals surface area contributed by atoms with Crippen LogP contribution in [-0.2, 0) is 10.2 Å². The monoisotopic (exact) mass is 303 g/mol. The Kier molecular flexibility index (Phi) is 5.45. The van der Waals surface area contributed by atoms with Crippen LogP contribution in [-0.4, -0.2) is 44.9 Å². The van der Waals surface area contributed by atoms with E-state index in [2.05, 4.69) is 23.9 Å². The third-order valence-corrected chi connectivity index (χ3v) is 6.79. The van der Waals surface area contributed by atoms with Gasteiger partial charge in [-0.15, -0.1) is 0 Å². The van der Waals surface area contributed by atoms with Gasteiger partial charge in [0.05, 0.1) is 0 Å². The van der Waals surface area contributed by atoms with Crippen molar-refractivity contribution in [3.63, 3.8) is 0 Å². The third-order valence-electron chi connectivity index (χ3n) is 5.09. The van der Waals surface area contributed by atoms with Gasteiger partial charge in [-0.1, -0.05) is 20.3 Å². The van der Waals surface area contributed by atoms with Crippen molar-refractivity contribution in [2.24, 2.45) is 11.8 Å². The van der Waals surface area contributed by atoms with Gasteiger partial charge in [-0.3, -0.25) is 0 Å². The predicted molar refractivity (Wildman–Crippen MR) is 81.7 cm³/mol. The molecule has 20 heavy (non-hydrogen) atoms. The molecule has 2 rings (SSSR count). The molecule has 0 radical (unpaired) electrons. The van der Waals surface area contributed by atoms with Crippen LogP contribution >= 0.6 is 0 Å². The molecule has 118 valence electrons. The Balaban J connectivity index is 2.04. The lowest BCUT2D eigenvalue weighted by atomic mass is 9.98. The minimum absolute atomic E-state index is 0.0976. The van der Waals surface area contributed by atoms with Crippen molar-refractivity contribution in [3.8, 4) is 0 Å². The molecular weight excluding hydrogens is 274 g/mol. The predicted octanol–water partition coefficient (Wildman–Crippen LogP) is 1.33. The lowest BCUT2D eigenvalue weighted by Gasteiger charge is -2.35. The molecule has 0 amide bonds. The van der Waals surface area contributed by atoms with Gasteiger partial charge in [-0.05, 0) is 44.6 Å². The van der Waals surface area contributed by atoms with E-state index in [-0.39, 0.29) is 12.1 Å². The quantitative estimate of drug-likeness (QED) is 0.805. The normalized spacial score (nSPS) is 36.4. The Morgan fingerprint density at radius 1 is 1.15 bits per heavy atom. The molecule has 0 bridgehead atoms. The van der Waals surface area contributed by atoms with Crippen LogP contribution in [0.4, 0.5) is 0 Å². The van der Waals surface area contributed by atoms with Gasteiger partial charge < -0.3 is 5.32 Å². The van der Waals surface area contributed by atoms with Gasteiger partial charge in [0.1, 0.15) is 0 Å². The van der Waals surface area contributed by atoms with Crippen molar-refractivity contribution in [1.29, 1.82) is 0 Å². The molecule has 1 heterocycles. The maximum atomic E-state index is 12.7. The topological polar surface area (TPSA) is 61.4 Å². The fraction of sp³-hybridized carbons (Fsp3) is 1.00. The second-order valence-corrected chi connectivity index (χ2v) is 8.12. The summed E-state index contributed by atoms with van der Waals surface area (Å²) in [5.41, 5.74) is 0. The van der Waals surface area contributed by atoms with E-state index in [1.165, 1.54) is 0 Å². The van der Waals surface area contributed by atoms with E-state index < -0.39 is 10.2 Å². The van der Waals surface area contributed by atoms with Crippen molar-refractivity contribution >= 4 is 10.2 Å². The number of hydrogen-bond donors (Lipinski definition) is 2. The maximum absolute atomic E-state index is 12.7. The molecule has 1 saturated carbocycles. The molecule has 4 atom stereocenters. The summed E-state index contributed by atoms with van der Waals surface area (Å²) >= 11 is 0. The summed E-state index contributed by atoms with van der Waals surface area (Å²) in [6, 6.07) is 0.201. The highest BCUT2D eigenvalue weighted by molar-refractivity contribution is 7.87. The number of hydrogen-bond acceptors (Lipinski definition) is 3. The lowest BCUT2D eigenvalue weighted by Crippen LogP contribution is -2.54. The first-order chi connectivity index (χ1) is 9.45. The van der Waals surface area contributed by atoms with Gasteiger partial charge in [0.15, 0.2) is 0 Å². The van der Waals surface area contributed by atoms with Crippen LogP contribution in [0.1, 0.15) is 46.0 Å². The summed E-state index contributed by atoms with van der Waals surface area (Å²) in [5, 5.41) is 3.12. The largest absolute Gasteiger partial charge is 0.318 e. The lowest BCUT2D eigenvalue weighted by molar-refractivity contribution is 0.243. The van der Waals surface area contributed by atoms with Crippen LogP contribution in [0.15, 0.2) is 0 Å². The van der Waals surface area contributed by atoms with Crippen molar-refractivity contribution < 1.29 is 8.42 Å². The molecule has 2 fully saturated rings. The number of piperidine rings is 1. The molecule has 0 aromatic rings. The molecule has 1 aliphatic heterocycles. The average molecular weight is 303 g/mol. The van der Waals surface area contributed by atoms with Crippen LogP contribution in [0, 0.1) is 11.8 Å². The third kappa shape index (κ3) is 3.53. The molecule has 1 saturated heterocycles. The Bertz CT molecular complexity index is 411. The summed E-state index contributed by atoms with van der Waals surface area (Å²) in [6.07, 6.45) is 5.13. The fourth-order valence-corrected chi connectivity index (χ4v) is 5.31. The molecule has 0 aromatic carbocycles. The van der Waals surface area contributed by atoms with Crippen LogP contribution in [0.3, 0.4) is 0 Å². The summed E-state index contributed by atoms with van der Waals surface area (Å²) in [6.45, 7) is 5.76. The molecule has 0 aromatic heterocycles. The zero-order chi connectivity index (χ0) is 14.8. The second-order valence-electron chi connectivity index (χ2n) is 6.46. The van der Waals surface area contributed by atoms with Gasteiger partial charge in [0, 0.05) is 25.2 Å². The first kappa shape index (κ1) is 16.2. The molecule has 4 unspecified atom stereocenters. The minimum Gasteiger partial charge on any atom is -0.318 e. The zero-order valence-corrected chi connectivity index (χ0v) is 13.7. The van der Waals surface area contributed by atoms with Crippen LogP contribution in [0.5, 0.6) is 0 Å². The highest BCUT2D eigenvalue weighted by Crippen LogP contribution is 2.32. The molecule has 1 aliphatic carbocycles. The fourth-order valence-electron chi connectivity index (χ4n) is 3.52. The van der Waals surface area contributed by atoms with E-state index in [1.807, 2.05) is 7.05 Å². The zero-order valence-electron chi connectivity index (χ0n) is 12.9. The second kappa shape index (κ2) is 6.73. The van der Waals surface area contributed by atoms with Crippen LogP contribution in [0.2, 0.25) is 0 Å². The Morgan fingerprint density at radius 3 is 2.50 bits per heavy atom. The number of nitrogens with one attached hydrogen (secondary N) is 2. The van der Waals surface area contributed by atoms with E-state index in [0.717, 1.165) is 38.6 Å². The number of likely N-dealkylation sites (N-methyl/N-ethyl adjacent to an activating group) is 1. The van der Waals surface area contributed by atoms with E-state index >= 15 is 0 Å². The maximum Gasteiger partial charge on any atom is 0.280 e. The van der Waals surface area contributed by atoms with Gasteiger partial charge in [0.25, 0.3) is 10.2 Å². The Hall–Kier alpha value is -0.170. The van der Waals surface area contributed by atoms with Crippen molar-refractivity contribution in [1.82, 2.24) is 14.3 Å². The molecule has 5 nitrogen and oxygen atoms in total. The number of rotatable bonds is 5. The van der Waals surface area contributed by atoms with Crippen molar-refractivity contribution in [2.45, 2.75) is 58.0 Å². The minimum atomic E-state index is -3.35. The van der Waals surface area contributed by atoms with Crippen LogP contribution < -0.4 is 10.0 Å². The van der Waals surface area contributed by atoms with Crippen molar-refractivity contribution in [2.75, 3.05) is 20.1 Å². The summed E-state index contributed by atoms with van der Waals surface area (Å²) in [7, 11) is -1.47. The first-order valence-corrected chi connectivity index (χ1v) is 9.33. The molecule has 2 N–H and O–H groups in total. The average Bonchev–Trinajstić information content (AvgIpc) is 2.71. The molecular formula is C14H29N3O2S. The highest BCUT2D eigenvalue weighted by atomic mass is 32.2. The summed E-state index contributed by atoms with van der Waals surface area (Å²) < 4.78 is 30.0. The standard InChI is InChI=1S/C14H29N3O2S/c1-11-7-8-14(12(11)2)16-20(18,19)17-9-5-4-6-13(17)10-15-3/h11-16H,4-10H2,1-3H3. The van der Waals surface area contributed by atoms with E-state index in [1.54, 1.807) is 4.31 Å². The first-order valence-electron chi connectivity index (χ1n) is 7.89. The smallest absolute Gasteiger partial charge is 0.280 e. The Morgan fingerprint density at radius 2 is 1.90 bits per heavy atom. The van der Waals surface area contributed by atoms with Gasteiger partial charge in [0.2, 0.25) is 0 Å².